The predicted molar refractivity (Wildman–Crippen MR) is 186 cm³/mol. The van der Waals surface area contributed by atoms with Crippen molar-refractivity contribution in [1.82, 2.24) is 0 Å². The van der Waals surface area contributed by atoms with Crippen LogP contribution in [0.25, 0.3) is 0 Å². The first-order valence-corrected chi connectivity index (χ1v) is 18.0. The fraction of sp³-hybridized carbons (Fsp3) is 0.692. The van der Waals surface area contributed by atoms with Gasteiger partial charge in [-0.1, -0.05) is 153 Å². The van der Waals surface area contributed by atoms with Gasteiger partial charge in [-0.05, 0) is 79.0 Å². The lowest BCUT2D eigenvalue weighted by molar-refractivity contribution is 0.0707. The van der Waals surface area contributed by atoms with Gasteiger partial charge in [-0.15, -0.1) is 0 Å². The van der Waals surface area contributed by atoms with Crippen molar-refractivity contribution in [3.05, 3.63) is 68.8 Å². The molecule has 0 aliphatic heterocycles. The molecule has 0 spiro atoms. The summed E-state index contributed by atoms with van der Waals surface area (Å²) in [5.74, 6) is 0.140. The van der Waals surface area contributed by atoms with Crippen molar-refractivity contribution >= 4 is 8.60 Å². The second-order valence-electron chi connectivity index (χ2n) is 17.4. The van der Waals surface area contributed by atoms with Crippen molar-refractivity contribution in [3.63, 3.8) is 0 Å². The van der Waals surface area contributed by atoms with E-state index in [1.165, 1.54) is 70.2 Å². The van der Waals surface area contributed by atoms with E-state index in [2.05, 4.69) is 121 Å². The van der Waals surface area contributed by atoms with E-state index in [1.807, 2.05) is 0 Å². The zero-order valence-corrected chi connectivity index (χ0v) is 31.0. The number of hydrogen-bond acceptors (Lipinski definition) is 3. The topological polar surface area (TPSA) is 49.7 Å². The average molecular weight is 611 g/mol. The smallest absolute Gasteiger partial charge is 0.328 e. The van der Waals surface area contributed by atoms with Crippen LogP contribution in [0.3, 0.4) is 0 Å². The van der Waals surface area contributed by atoms with E-state index in [4.69, 9.17) is 4.52 Å². The Kier molecular flexibility index (Phi) is 10.8. The molecule has 3 rings (SSSR count). The minimum atomic E-state index is -2.62. The monoisotopic (exact) mass is 610 g/mol. The molecule has 0 fully saturated rings. The molecule has 0 saturated carbocycles. The molecule has 1 aliphatic carbocycles. The maximum atomic E-state index is 10.8. The van der Waals surface area contributed by atoms with Gasteiger partial charge in [0.2, 0.25) is 0 Å². The largest absolute Gasteiger partial charge is 0.328 e. The van der Waals surface area contributed by atoms with Gasteiger partial charge in [0.25, 0.3) is 0 Å². The van der Waals surface area contributed by atoms with E-state index in [0.717, 1.165) is 19.3 Å². The molecule has 0 aromatic heterocycles. The minimum Gasteiger partial charge on any atom is -0.328 e. The number of hydrogen-bond donors (Lipinski definition) is 2. The van der Waals surface area contributed by atoms with Gasteiger partial charge in [0.1, 0.15) is 5.60 Å². The summed E-state index contributed by atoms with van der Waals surface area (Å²) < 4.78 is 6.71. The summed E-state index contributed by atoms with van der Waals surface area (Å²) in [4.78, 5) is 21.6. The first-order chi connectivity index (χ1) is 19.6. The van der Waals surface area contributed by atoms with Crippen LogP contribution in [-0.4, -0.2) is 9.79 Å². The molecule has 0 unspecified atom stereocenters. The molecule has 242 valence electrons. The van der Waals surface area contributed by atoms with E-state index in [-0.39, 0.29) is 27.6 Å². The number of rotatable bonds is 9. The minimum absolute atomic E-state index is 0.0256. The van der Waals surface area contributed by atoms with Crippen LogP contribution in [0.15, 0.2) is 24.3 Å². The van der Waals surface area contributed by atoms with Crippen LogP contribution in [0.2, 0.25) is 0 Å². The quantitative estimate of drug-likeness (QED) is 0.219. The van der Waals surface area contributed by atoms with Gasteiger partial charge in [-0.2, -0.15) is 0 Å². The fourth-order valence-electron chi connectivity index (χ4n) is 6.94. The molecule has 0 saturated heterocycles. The van der Waals surface area contributed by atoms with Crippen molar-refractivity contribution < 1.29 is 14.3 Å². The summed E-state index contributed by atoms with van der Waals surface area (Å²) in [6.07, 6.45) is 7.72. The van der Waals surface area contributed by atoms with Crippen LogP contribution < -0.4 is 0 Å². The van der Waals surface area contributed by atoms with Crippen molar-refractivity contribution in [2.75, 3.05) is 0 Å². The van der Waals surface area contributed by atoms with Crippen LogP contribution in [0.5, 0.6) is 0 Å². The molecule has 0 atom stereocenters. The lowest BCUT2D eigenvalue weighted by Gasteiger charge is -2.49. The molecule has 2 aromatic carbocycles. The molecule has 2 aromatic rings. The van der Waals surface area contributed by atoms with Crippen LogP contribution in [-0.2, 0) is 31.8 Å². The highest BCUT2D eigenvalue weighted by Gasteiger charge is 2.51. The van der Waals surface area contributed by atoms with Crippen molar-refractivity contribution in [3.8, 4) is 0 Å². The third-order valence-electron chi connectivity index (χ3n) is 9.55. The van der Waals surface area contributed by atoms with Crippen molar-refractivity contribution in [2.45, 2.75) is 175 Å². The third-order valence-corrected chi connectivity index (χ3v) is 10.0. The van der Waals surface area contributed by atoms with Gasteiger partial charge < -0.3 is 9.79 Å². The third kappa shape index (κ3) is 7.77. The zero-order chi connectivity index (χ0) is 32.8. The van der Waals surface area contributed by atoms with Gasteiger partial charge >= 0.3 is 8.60 Å². The summed E-state index contributed by atoms with van der Waals surface area (Å²) in [6.45, 7) is 32.1. The van der Waals surface area contributed by atoms with Gasteiger partial charge in [-0.3, -0.25) is 4.52 Å². The molecule has 2 N–H and O–H groups in total. The first-order valence-electron chi connectivity index (χ1n) is 16.8. The Balaban J connectivity index is 2.55. The number of benzene rings is 2. The Labute approximate surface area is 266 Å². The van der Waals surface area contributed by atoms with E-state index < -0.39 is 14.2 Å². The highest BCUT2D eigenvalue weighted by atomic mass is 31.2. The van der Waals surface area contributed by atoms with E-state index in [9.17, 15) is 9.79 Å². The molecule has 0 heterocycles. The maximum Gasteiger partial charge on any atom is 0.328 e. The molecule has 43 heavy (non-hydrogen) atoms. The second kappa shape index (κ2) is 12.9. The first kappa shape index (κ1) is 36.2. The molecule has 3 nitrogen and oxygen atoms in total. The molecule has 4 heteroatoms. The van der Waals surface area contributed by atoms with Crippen LogP contribution in [0, 0.1) is 0 Å². The summed E-state index contributed by atoms with van der Waals surface area (Å²) in [7, 11) is -2.62. The Morgan fingerprint density at radius 1 is 0.628 bits per heavy atom. The summed E-state index contributed by atoms with van der Waals surface area (Å²) in [5, 5.41) is 0. The fourth-order valence-corrected chi connectivity index (χ4v) is 7.49. The highest BCUT2D eigenvalue weighted by Crippen LogP contribution is 2.59. The highest BCUT2D eigenvalue weighted by molar-refractivity contribution is 7.39. The Hall–Kier alpha value is -1.25. The van der Waals surface area contributed by atoms with E-state index in [0.29, 0.717) is 0 Å². The molecule has 1 aliphatic rings. The number of unbranched alkanes of at least 4 members (excludes halogenated alkanes) is 5. The zero-order valence-electron chi connectivity index (χ0n) is 30.1. The lowest BCUT2D eigenvalue weighted by atomic mass is 9.60. The predicted octanol–water partition coefficient (Wildman–Crippen LogP) is 11.6. The van der Waals surface area contributed by atoms with Crippen LogP contribution in [0.1, 0.15) is 192 Å². The summed E-state index contributed by atoms with van der Waals surface area (Å²) >= 11 is 0. The molecule has 0 bridgehead atoms. The average Bonchev–Trinajstić information content (AvgIpc) is 2.85. The van der Waals surface area contributed by atoms with E-state index >= 15 is 0 Å². The standard InChI is InChI=1S/C39H63O3P/c1-15-16-17-18-19-20-21-39(42-43(40)41)33-29(22-27(35(3,4)5)24-31(33)37(9,10)11)26(2)30-23-28(36(6,7)8)25-32(34(30)39)38(12,13)14/h22-26,40-41H,15-21H2,1-14H3. The molecular weight excluding hydrogens is 547 g/mol. The lowest BCUT2D eigenvalue weighted by Crippen LogP contribution is -2.42. The van der Waals surface area contributed by atoms with Crippen molar-refractivity contribution in [1.29, 1.82) is 0 Å². The Morgan fingerprint density at radius 2 is 1.02 bits per heavy atom. The van der Waals surface area contributed by atoms with Gasteiger partial charge in [0.15, 0.2) is 0 Å². The van der Waals surface area contributed by atoms with Crippen molar-refractivity contribution in [2.24, 2.45) is 0 Å². The van der Waals surface area contributed by atoms with Gasteiger partial charge in [0, 0.05) is 5.92 Å². The van der Waals surface area contributed by atoms with E-state index in [1.54, 1.807) is 0 Å². The summed E-state index contributed by atoms with van der Waals surface area (Å²) in [5.41, 5.74) is 8.72. The van der Waals surface area contributed by atoms with Crippen LogP contribution >= 0.6 is 8.60 Å². The second-order valence-corrected chi connectivity index (χ2v) is 18.1. The van der Waals surface area contributed by atoms with Gasteiger partial charge in [0.05, 0.1) is 0 Å². The Morgan fingerprint density at radius 3 is 1.37 bits per heavy atom. The van der Waals surface area contributed by atoms with Gasteiger partial charge in [-0.25, -0.2) is 0 Å². The Bertz CT molecular complexity index is 1180. The molecule has 0 amide bonds. The summed E-state index contributed by atoms with van der Waals surface area (Å²) in [6, 6.07) is 9.62. The van der Waals surface area contributed by atoms with Crippen LogP contribution in [0.4, 0.5) is 0 Å². The molecular formula is C39H63O3P. The molecule has 0 radical (unpaired) electrons. The SMILES string of the molecule is CCCCCCCCC1(OP(O)O)c2c(cc(C(C)(C)C)cc2C(C)(C)C)C(C)c2cc(C(C)(C)C)cc(C(C)(C)C)c21. The maximum absolute atomic E-state index is 10.8. The number of fused-ring (bicyclic) bond motifs is 2. The normalized spacial score (nSPS) is 19.5.